The van der Waals surface area contributed by atoms with Crippen LogP contribution in [0, 0.1) is 5.92 Å². The summed E-state index contributed by atoms with van der Waals surface area (Å²) in [4.78, 5) is 18.3. The number of hydrogen-bond donors (Lipinski definition) is 0. The quantitative estimate of drug-likeness (QED) is 0.281. The molecule has 0 amide bonds. The molecule has 0 heterocycles. The van der Waals surface area contributed by atoms with Gasteiger partial charge in [-0.05, 0) is 92.0 Å². The van der Waals surface area contributed by atoms with Gasteiger partial charge in [0.1, 0.15) is 0 Å². The summed E-state index contributed by atoms with van der Waals surface area (Å²) in [7, 11) is 0. The first kappa shape index (κ1) is 27.8. The number of benzene rings is 2. The molecule has 3 rings (SSSR count). The van der Waals surface area contributed by atoms with Gasteiger partial charge < -0.3 is 9.80 Å². The van der Waals surface area contributed by atoms with Crippen molar-refractivity contribution in [1.29, 1.82) is 0 Å². The lowest BCUT2D eigenvalue weighted by atomic mass is 9.81. The van der Waals surface area contributed by atoms with Crippen molar-refractivity contribution in [3.8, 4) is 0 Å². The molecule has 3 nitrogen and oxygen atoms in total. The second-order valence-electron chi connectivity index (χ2n) is 10.3. The van der Waals surface area contributed by atoms with Crippen LogP contribution < -0.4 is 9.80 Å². The molecule has 1 unspecified atom stereocenters. The molecular formula is C33H46N2O. The molecule has 0 bridgehead atoms. The van der Waals surface area contributed by atoms with Gasteiger partial charge in [0.25, 0.3) is 0 Å². The highest BCUT2D eigenvalue weighted by Gasteiger charge is 2.25. The van der Waals surface area contributed by atoms with E-state index in [9.17, 15) is 4.79 Å². The van der Waals surface area contributed by atoms with Gasteiger partial charge in [0, 0.05) is 48.7 Å². The molecule has 1 atom stereocenters. The summed E-state index contributed by atoms with van der Waals surface area (Å²) in [6, 6.07) is 17.4. The van der Waals surface area contributed by atoms with Gasteiger partial charge in [0.2, 0.25) is 0 Å². The summed E-state index contributed by atoms with van der Waals surface area (Å²) in [6.07, 6.45) is 10.5. The van der Waals surface area contributed by atoms with E-state index in [0.717, 1.165) is 87.0 Å². The maximum Gasteiger partial charge on any atom is 0.185 e. The highest BCUT2D eigenvalue weighted by atomic mass is 16.1. The van der Waals surface area contributed by atoms with Crippen molar-refractivity contribution in [2.24, 2.45) is 5.92 Å². The maximum absolute atomic E-state index is 13.4. The highest BCUT2D eigenvalue weighted by Crippen LogP contribution is 2.32. The third-order valence-corrected chi connectivity index (χ3v) is 6.89. The molecule has 1 aliphatic carbocycles. The molecule has 1 aliphatic rings. The SMILES string of the molecule is CCCN(CCC)c1ccc(/C=C2/CC(C)C/C(=C\c3ccc(N(CCC)CCC)cc3)C2=O)cc1. The van der Waals surface area contributed by atoms with Crippen LogP contribution in [0.4, 0.5) is 11.4 Å². The zero-order valence-corrected chi connectivity index (χ0v) is 23.2. The number of Topliss-reactive ketones (excluding diaryl/α,β-unsaturated/α-hetero) is 1. The Morgan fingerprint density at radius 2 is 0.972 bits per heavy atom. The molecule has 36 heavy (non-hydrogen) atoms. The van der Waals surface area contributed by atoms with Crippen LogP contribution in [0.3, 0.4) is 0 Å². The van der Waals surface area contributed by atoms with E-state index in [0.29, 0.717) is 5.92 Å². The first-order valence-electron chi connectivity index (χ1n) is 14.1. The van der Waals surface area contributed by atoms with Gasteiger partial charge in [-0.3, -0.25) is 4.79 Å². The van der Waals surface area contributed by atoms with Crippen LogP contribution in [0.25, 0.3) is 12.2 Å². The molecule has 0 aromatic heterocycles. The zero-order valence-electron chi connectivity index (χ0n) is 23.2. The topological polar surface area (TPSA) is 23.6 Å². The third kappa shape index (κ3) is 7.59. The van der Waals surface area contributed by atoms with Crippen LogP contribution in [0.1, 0.15) is 84.3 Å². The third-order valence-electron chi connectivity index (χ3n) is 6.89. The minimum atomic E-state index is 0.207. The van der Waals surface area contributed by atoms with E-state index in [-0.39, 0.29) is 5.78 Å². The lowest BCUT2D eigenvalue weighted by Gasteiger charge is -2.25. The molecule has 0 N–H and O–H groups in total. The van der Waals surface area contributed by atoms with Gasteiger partial charge in [0.05, 0.1) is 0 Å². The minimum absolute atomic E-state index is 0.207. The number of allylic oxidation sites excluding steroid dienone is 2. The zero-order chi connectivity index (χ0) is 25.9. The maximum atomic E-state index is 13.4. The predicted molar refractivity (Wildman–Crippen MR) is 158 cm³/mol. The fourth-order valence-corrected chi connectivity index (χ4v) is 5.25. The van der Waals surface area contributed by atoms with E-state index in [1.807, 2.05) is 0 Å². The summed E-state index contributed by atoms with van der Waals surface area (Å²) >= 11 is 0. The monoisotopic (exact) mass is 486 g/mol. The number of ketones is 1. The predicted octanol–water partition coefficient (Wildman–Crippen LogP) is 8.41. The van der Waals surface area contributed by atoms with Crippen LogP contribution >= 0.6 is 0 Å². The van der Waals surface area contributed by atoms with Crippen molar-refractivity contribution in [1.82, 2.24) is 0 Å². The van der Waals surface area contributed by atoms with Gasteiger partial charge in [0.15, 0.2) is 5.78 Å². The van der Waals surface area contributed by atoms with Crippen LogP contribution in [0.5, 0.6) is 0 Å². The normalized spacial score (nSPS) is 18.1. The van der Waals surface area contributed by atoms with E-state index in [1.54, 1.807) is 0 Å². The Bertz CT molecular complexity index is 923. The summed E-state index contributed by atoms with van der Waals surface area (Å²) < 4.78 is 0. The molecule has 0 aliphatic heterocycles. The molecular weight excluding hydrogens is 440 g/mol. The molecule has 0 radical (unpaired) electrons. The number of hydrogen-bond acceptors (Lipinski definition) is 3. The number of anilines is 2. The van der Waals surface area contributed by atoms with Crippen molar-refractivity contribution in [3.05, 3.63) is 70.8 Å². The molecule has 0 saturated heterocycles. The van der Waals surface area contributed by atoms with E-state index in [4.69, 9.17) is 0 Å². The second kappa shape index (κ2) is 14.1. The average molecular weight is 487 g/mol. The number of carbonyl (C=O) groups is 1. The van der Waals surface area contributed by atoms with Crippen molar-refractivity contribution in [3.63, 3.8) is 0 Å². The molecule has 2 aromatic carbocycles. The smallest absolute Gasteiger partial charge is 0.185 e. The molecule has 1 fully saturated rings. The minimum Gasteiger partial charge on any atom is -0.372 e. The Kier molecular flexibility index (Phi) is 10.8. The summed E-state index contributed by atoms with van der Waals surface area (Å²) in [5.41, 5.74) is 6.62. The van der Waals surface area contributed by atoms with Gasteiger partial charge >= 0.3 is 0 Å². The average Bonchev–Trinajstić information content (AvgIpc) is 2.87. The standard InChI is InChI=1S/C33H46N2O/c1-6-18-34(19-7-2)31-14-10-27(11-15-31)24-29-22-26(5)23-30(33(29)36)25-28-12-16-32(17-13-28)35(20-8-3)21-9-4/h10-17,24-26H,6-9,18-23H2,1-5H3/b29-24-,30-25+. The molecule has 3 heteroatoms. The Balaban J connectivity index is 1.78. The fourth-order valence-electron chi connectivity index (χ4n) is 5.25. The Labute approximate surface area is 219 Å². The van der Waals surface area contributed by atoms with Crippen LogP contribution in [-0.4, -0.2) is 32.0 Å². The van der Waals surface area contributed by atoms with Crippen molar-refractivity contribution in [2.45, 2.75) is 73.1 Å². The Morgan fingerprint density at radius 1 is 0.639 bits per heavy atom. The summed E-state index contributed by atoms with van der Waals surface area (Å²) in [6.45, 7) is 15.5. The number of nitrogens with zero attached hydrogens (tertiary/aromatic N) is 2. The van der Waals surface area contributed by atoms with Crippen molar-refractivity contribution in [2.75, 3.05) is 36.0 Å². The van der Waals surface area contributed by atoms with Gasteiger partial charge in [-0.25, -0.2) is 0 Å². The highest BCUT2D eigenvalue weighted by molar-refractivity contribution is 6.14. The fraction of sp³-hybridized carbons (Fsp3) is 0.485. The first-order chi connectivity index (χ1) is 17.5. The van der Waals surface area contributed by atoms with Gasteiger partial charge in [-0.15, -0.1) is 0 Å². The Morgan fingerprint density at radius 3 is 1.28 bits per heavy atom. The molecule has 1 saturated carbocycles. The van der Waals surface area contributed by atoms with Crippen molar-refractivity contribution >= 4 is 29.3 Å². The summed E-state index contributed by atoms with van der Waals surface area (Å²) in [5.74, 6) is 0.673. The van der Waals surface area contributed by atoms with E-state index in [2.05, 4.69) is 105 Å². The summed E-state index contributed by atoms with van der Waals surface area (Å²) in [5, 5.41) is 0. The first-order valence-corrected chi connectivity index (χ1v) is 14.1. The van der Waals surface area contributed by atoms with E-state index in [1.165, 1.54) is 11.4 Å². The van der Waals surface area contributed by atoms with E-state index >= 15 is 0 Å². The molecule has 0 spiro atoms. The lowest BCUT2D eigenvalue weighted by Crippen LogP contribution is -2.24. The molecule has 2 aromatic rings. The van der Waals surface area contributed by atoms with Gasteiger partial charge in [-0.1, -0.05) is 58.9 Å². The number of rotatable bonds is 12. The largest absolute Gasteiger partial charge is 0.372 e. The van der Waals surface area contributed by atoms with Crippen LogP contribution in [0.15, 0.2) is 59.7 Å². The number of carbonyl (C=O) groups excluding carboxylic acids is 1. The van der Waals surface area contributed by atoms with Gasteiger partial charge in [-0.2, -0.15) is 0 Å². The van der Waals surface area contributed by atoms with E-state index < -0.39 is 0 Å². The lowest BCUT2D eigenvalue weighted by molar-refractivity contribution is -0.113. The van der Waals surface area contributed by atoms with Crippen LogP contribution in [-0.2, 0) is 4.79 Å². The molecule has 194 valence electrons. The Hall–Kier alpha value is -2.81. The second-order valence-corrected chi connectivity index (χ2v) is 10.3. The van der Waals surface area contributed by atoms with Crippen LogP contribution in [0.2, 0.25) is 0 Å². The van der Waals surface area contributed by atoms with Crippen molar-refractivity contribution < 1.29 is 4.79 Å².